The highest BCUT2D eigenvalue weighted by Crippen LogP contribution is 2.44. The SMILES string of the molecule is O=C1CCC(N2Cc3ccc(CN4CCC5(CC4)CNc4ccccc45)cc3C2=O)C(=O)N1. The number of piperidine rings is 2. The lowest BCUT2D eigenvalue weighted by Gasteiger charge is -2.39. The molecule has 3 amide bonds. The zero-order valence-electron chi connectivity index (χ0n) is 18.6. The van der Waals surface area contributed by atoms with Gasteiger partial charge in [-0.05, 0) is 61.2 Å². The summed E-state index contributed by atoms with van der Waals surface area (Å²) >= 11 is 0. The van der Waals surface area contributed by atoms with Gasteiger partial charge in [0.2, 0.25) is 11.8 Å². The summed E-state index contributed by atoms with van der Waals surface area (Å²) in [6.07, 6.45) is 2.93. The molecule has 0 aromatic heterocycles. The molecular formula is C26H28N4O3. The van der Waals surface area contributed by atoms with Gasteiger partial charge in [0.25, 0.3) is 5.91 Å². The molecule has 2 N–H and O–H groups in total. The van der Waals surface area contributed by atoms with Crippen LogP contribution in [0.3, 0.4) is 0 Å². The van der Waals surface area contributed by atoms with Crippen molar-refractivity contribution < 1.29 is 14.4 Å². The van der Waals surface area contributed by atoms with Crippen molar-refractivity contribution in [2.45, 2.75) is 50.2 Å². The van der Waals surface area contributed by atoms with Crippen LogP contribution >= 0.6 is 0 Å². The summed E-state index contributed by atoms with van der Waals surface area (Å²) in [5.41, 5.74) is 5.76. The first kappa shape index (κ1) is 20.4. The van der Waals surface area contributed by atoms with Crippen LogP contribution in [0.2, 0.25) is 0 Å². The van der Waals surface area contributed by atoms with Crippen molar-refractivity contribution in [2.24, 2.45) is 0 Å². The van der Waals surface area contributed by atoms with Gasteiger partial charge >= 0.3 is 0 Å². The van der Waals surface area contributed by atoms with Crippen LogP contribution in [0.15, 0.2) is 42.5 Å². The number of nitrogens with zero attached hydrogens (tertiary/aromatic N) is 2. The lowest BCUT2D eigenvalue weighted by Crippen LogP contribution is -2.52. The van der Waals surface area contributed by atoms with Crippen LogP contribution in [0, 0.1) is 0 Å². The molecule has 2 saturated heterocycles. The molecule has 7 nitrogen and oxygen atoms in total. The summed E-state index contributed by atoms with van der Waals surface area (Å²) in [4.78, 5) is 40.9. The first-order chi connectivity index (χ1) is 16.0. The van der Waals surface area contributed by atoms with Crippen LogP contribution < -0.4 is 10.6 Å². The molecule has 0 radical (unpaired) electrons. The van der Waals surface area contributed by atoms with E-state index in [4.69, 9.17) is 0 Å². The third kappa shape index (κ3) is 3.42. The molecule has 2 fully saturated rings. The maximum absolute atomic E-state index is 13.1. The van der Waals surface area contributed by atoms with Crippen molar-refractivity contribution in [3.63, 3.8) is 0 Å². The van der Waals surface area contributed by atoms with E-state index in [1.807, 2.05) is 12.1 Å². The molecule has 33 heavy (non-hydrogen) atoms. The number of carbonyl (C=O) groups excluding carboxylic acids is 3. The molecule has 4 aliphatic heterocycles. The second-order valence-electron chi connectivity index (χ2n) is 9.85. The number of imide groups is 1. The molecule has 0 bridgehead atoms. The third-order valence-electron chi connectivity index (χ3n) is 7.93. The van der Waals surface area contributed by atoms with Crippen LogP contribution in [-0.2, 0) is 28.1 Å². The number of amides is 3. The zero-order valence-corrected chi connectivity index (χ0v) is 18.6. The van der Waals surface area contributed by atoms with E-state index >= 15 is 0 Å². The van der Waals surface area contributed by atoms with Crippen LogP contribution in [-0.4, -0.2) is 53.2 Å². The fourth-order valence-corrected chi connectivity index (χ4v) is 6.00. The molecule has 4 heterocycles. The maximum Gasteiger partial charge on any atom is 0.255 e. The molecule has 4 aliphatic rings. The molecule has 1 unspecified atom stereocenters. The Morgan fingerprint density at radius 3 is 2.67 bits per heavy atom. The van der Waals surface area contributed by atoms with Crippen molar-refractivity contribution in [1.82, 2.24) is 15.1 Å². The number of hydrogen-bond acceptors (Lipinski definition) is 5. The van der Waals surface area contributed by atoms with Gasteiger partial charge in [-0.15, -0.1) is 0 Å². The number of anilines is 1. The number of rotatable bonds is 3. The average Bonchev–Trinajstić information content (AvgIpc) is 3.34. The van der Waals surface area contributed by atoms with Crippen molar-refractivity contribution in [2.75, 3.05) is 25.0 Å². The highest BCUT2D eigenvalue weighted by molar-refractivity contribution is 6.05. The minimum Gasteiger partial charge on any atom is -0.384 e. The molecule has 1 atom stereocenters. The number of hydrogen-bond donors (Lipinski definition) is 2. The van der Waals surface area contributed by atoms with E-state index in [1.165, 1.54) is 11.3 Å². The molecule has 7 heteroatoms. The fraction of sp³-hybridized carbons (Fsp3) is 0.423. The largest absolute Gasteiger partial charge is 0.384 e. The van der Waals surface area contributed by atoms with Crippen molar-refractivity contribution in [1.29, 1.82) is 0 Å². The Morgan fingerprint density at radius 2 is 1.85 bits per heavy atom. The molecule has 2 aromatic carbocycles. The molecule has 2 aromatic rings. The Labute approximate surface area is 193 Å². The smallest absolute Gasteiger partial charge is 0.255 e. The lowest BCUT2D eigenvalue weighted by atomic mass is 9.74. The van der Waals surface area contributed by atoms with Gasteiger partial charge < -0.3 is 10.2 Å². The van der Waals surface area contributed by atoms with Gasteiger partial charge in [0.15, 0.2) is 0 Å². The van der Waals surface area contributed by atoms with E-state index in [9.17, 15) is 14.4 Å². The average molecular weight is 445 g/mol. The van der Waals surface area contributed by atoms with Gasteiger partial charge in [0.05, 0.1) is 0 Å². The van der Waals surface area contributed by atoms with Crippen LogP contribution in [0.1, 0.15) is 52.7 Å². The fourth-order valence-electron chi connectivity index (χ4n) is 6.00. The minimum atomic E-state index is -0.563. The topological polar surface area (TPSA) is 81.8 Å². The highest BCUT2D eigenvalue weighted by atomic mass is 16.2. The quantitative estimate of drug-likeness (QED) is 0.711. The predicted octanol–water partition coefficient (Wildman–Crippen LogP) is 2.41. The predicted molar refractivity (Wildman–Crippen MR) is 124 cm³/mol. The summed E-state index contributed by atoms with van der Waals surface area (Å²) < 4.78 is 0. The summed E-state index contributed by atoms with van der Waals surface area (Å²) in [5.74, 6) is -0.728. The zero-order chi connectivity index (χ0) is 22.6. The number of likely N-dealkylation sites (tertiary alicyclic amines) is 1. The number of carbonyl (C=O) groups is 3. The highest BCUT2D eigenvalue weighted by Gasteiger charge is 2.42. The maximum atomic E-state index is 13.1. The van der Waals surface area contributed by atoms with Crippen LogP contribution in [0.4, 0.5) is 5.69 Å². The Hall–Kier alpha value is -3.19. The van der Waals surface area contributed by atoms with Crippen molar-refractivity contribution in [3.8, 4) is 0 Å². The number of nitrogens with one attached hydrogen (secondary N) is 2. The normalized spacial score (nSPS) is 23.9. The van der Waals surface area contributed by atoms with Gasteiger partial charge in [0.1, 0.15) is 6.04 Å². The summed E-state index contributed by atoms with van der Waals surface area (Å²) in [7, 11) is 0. The standard InChI is InChI=1S/C26H28N4O3/c31-23-8-7-22(24(32)28-23)30-15-18-6-5-17(13-19(18)25(30)33)14-29-11-9-26(10-12-29)16-27-21-4-2-1-3-20(21)26/h1-6,13,22,27H,7-12,14-16H2,(H,28,31,32). The van der Waals surface area contributed by atoms with E-state index < -0.39 is 6.04 Å². The molecular weight excluding hydrogens is 416 g/mol. The Morgan fingerprint density at radius 1 is 1.03 bits per heavy atom. The van der Waals surface area contributed by atoms with Gasteiger partial charge in [-0.2, -0.15) is 0 Å². The van der Waals surface area contributed by atoms with Gasteiger partial charge in [-0.3, -0.25) is 24.6 Å². The van der Waals surface area contributed by atoms with Crippen LogP contribution in [0.5, 0.6) is 0 Å². The van der Waals surface area contributed by atoms with E-state index in [2.05, 4.69) is 45.9 Å². The van der Waals surface area contributed by atoms with Gasteiger partial charge in [-0.25, -0.2) is 0 Å². The van der Waals surface area contributed by atoms with Crippen molar-refractivity contribution in [3.05, 3.63) is 64.7 Å². The van der Waals surface area contributed by atoms with Crippen LogP contribution in [0.25, 0.3) is 0 Å². The third-order valence-corrected chi connectivity index (χ3v) is 7.93. The minimum absolute atomic E-state index is 0.104. The molecule has 0 saturated carbocycles. The second kappa shape index (κ2) is 7.70. The van der Waals surface area contributed by atoms with Gasteiger partial charge in [0, 0.05) is 42.7 Å². The molecule has 170 valence electrons. The first-order valence-electron chi connectivity index (χ1n) is 11.8. The molecule has 6 rings (SSSR count). The summed E-state index contributed by atoms with van der Waals surface area (Å²) in [6.45, 7) is 4.33. The van der Waals surface area contributed by atoms with E-state index in [0.717, 1.165) is 50.1 Å². The number of benzene rings is 2. The van der Waals surface area contributed by atoms with Crippen molar-refractivity contribution >= 4 is 23.4 Å². The Balaban J connectivity index is 1.12. The molecule has 0 aliphatic carbocycles. The number of para-hydroxylation sites is 1. The number of fused-ring (bicyclic) bond motifs is 3. The Kier molecular flexibility index (Phi) is 4.76. The molecule has 1 spiro atoms. The summed E-state index contributed by atoms with van der Waals surface area (Å²) in [6, 6.07) is 14.2. The monoisotopic (exact) mass is 444 g/mol. The first-order valence-corrected chi connectivity index (χ1v) is 11.8. The Bertz CT molecular complexity index is 1150. The summed E-state index contributed by atoms with van der Waals surface area (Å²) in [5, 5.41) is 5.95. The van der Waals surface area contributed by atoms with E-state index in [0.29, 0.717) is 18.5 Å². The second-order valence-corrected chi connectivity index (χ2v) is 9.85. The lowest BCUT2D eigenvalue weighted by molar-refractivity contribution is -0.136. The van der Waals surface area contributed by atoms with E-state index in [1.54, 1.807) is 4.90 Å². The van der Waals surface area contributed by atoms with E-state index in [-0.39, 0.29) is 29.6 Å². The van der Waals surface area contributed by atoms with Gasteiger partial charge in [-0.1, -0.05) is 30.3 Å².